The second-order valence-corrected chi connectivity index (χ2v) is 7.01. The van der Waals surface area contributed by atoms with Crippen molar-refractivity contribution in [3.05, 3.63) is 17.0 Å². The van der Waals surface area contributed by atoms with Gasteiger partial charge in [-0.3, -0.25) is 9.89 Å². The van der Waals surface area contributed by atoms with Gasteiger partial charge in [-0.15, -0.1) is 0 Å². The first-order valence-corrected chi connectivity index (χ1v) is 7.74. The highest BCUT2D eigenvalue weighted by atomic mass is 32.2. The maximum Gasteiger partial charge on any atom is 0.255 e. The lowest BCUT2D eigenvalue weighted by Gasteiger charge is -2.23. The summed E-state index contributed by atoms with van der Waals surface area (Å²) >= 11 is 0. The predicted octanol–water partition coefficient (Wildman–Crippen LogP) is 0.334. The fourth-order valence-corrected chi connectivity index (χ4v) is 3.67. The molecule has 1 aromatic rings. The molecule has 0 saturated carbocycles. The smallest absolute Gasteiger partial charge is 0.255 e. The van der Waals surface area contributed by atoms with E-state index in [2.05, 4.69) is 15.5 Å². The number of H-pyrrole nitrogens is 1. The number of aromatic amines is 1. The van der Waals surface area contributed by atoms with Crippen molar-refractivity contribution in [1.29, 1.82) is 0 Å². The number of rotatable bonds is 2. The van der Waals surface area contributed by atoms with Crippen LogP contribution in [0, 0.1) is 13.8 Å². The van der Waals surface area contributed by atoms with Crippen LogP contribution >= 0.6 is 0 Å². The maximum absolute atomic E-state index is 12.1. The van der Waals surface area contributed by atoms with Crippen molar-refractivity contribution in [1.82, 2.24) is 15.5 Å². The molecule has 100 valence electrons. The molecule has 2 heterocycles. The van der Waals surface area contributed by atoms with E-state index in [4.69, 9.17) is 0 Å². The Bertz CT molecular complexity index is 529. The minimum atomic E-state index is -2.89. The summed E-state index contributed by atoms with van der Waals surface area (Å²) in [4.78, 5) is 12.1. The minimum absolute atomic E-state index is 0.0604. The van der Waals surface area contributed by atoms with Crippen molar-refractivity contribution in [2.45, 2.75) is 32.7 Å². The lowest BCUT2D eigenvalue weighted by atomic mass is 10.1. The molecule has 0 spiro atoms. The molecule has 1 aliphatic heterocycles. The molecule has 7 heteroatoms. The average Bonchev–Trinajstić information content (AvgIpc) is 2.62. The van der Waals surface area contributed by atoms with Crippen molar-refractivity contribution in [3.8, 4) is 0 Å². The largest absolute Gasteiger partial charge is 0.349 e. The zero-order valence-electron chi connectivity index (χ0n) is 10.5. The standard InChI is InChI=1S/C11H17N3O3S/c1-7-10(8(2)14-13-7)11(15)12-9-3-5-18(16,17)6-4-9/h9H,3-6H2,1-2H3,(H,12,15)(H,13,14). The van der Waals surface area contributed by atoms with Gasteiger partial charge in [0.1, 0.15) is 9.84 Å². The fraction of sp³-hybridized carbons (Fsp3) is 0.636. The van der Waals surface area contributed by atoms with Crippen LogP contribution in [-0.2, 0) is 9.84 Å². The van der Waals surface area contributed by atoms with Crippen LogP contribution in [0.5, 0.6) is 0 Å². The Morgan fingerprint density at radius 3 is 2.44 bits per heavy atom. The molecule has 0 aromatic carbocycles. The van der Waals surface area contributed by atoms with Crippen LogP contribution in [0.15, 0.2) is 0 Å². The van der Waals surface area contributed by atoms with Crippen LogP contribution in [0.1, 0.15) is 34.6 Å². The van der Waals surface area contributed by atoms with Crippen LogP contribution in [0.4, 0.5) is 0 Å². The van der Waals surface area contributed by atoms with Gasteiger partial charge in [0.15, 0.2) is 0 Å². The number of aryl methyl sites for hydroxylation is 2. The lowest BCUT2D eigenvalue weighted by molar-refractivity contribution is 0.0933. The van der Waals surface area contributed by atoms with E-state index in [1.165, 1.54) is 0 Å². The lowest BCUT2D eigenvalue weighted by Crippen LogP contribution is -2.41. The van der Waals surface area contributed by atoms with Gasteiger partial charge in [-0.1, -0.05) is 0 Å². The van der Waals surface area contributed by atoms with E-state index in [1.807, 2.05) is 0 Å². The Kier molecular flexibility index (Phi) is 3.43. The summed E-state index contributed by atoms with van der Waals surface area (Å²) in [5.74, 6) is 0.130. The minimum Gasteiger partial charge on any atom is -0.349 e. The number of hydrogen-bond acceptors (Lipinski definition) is 4. The van der Waals surface area contributed by atoms with Crippen LogP contribution in [0.25, 0.3) is 0 Å². The molecule has 6 nitrogen and oxygen atoms in total. The molecule has 0 unspecified atom stereocenters. The van der Waals surface area contributed by atoms with E-state index in [-0.39, 0.29) is 23.5 Å². The summed E-state index contributed by atoms with van der Waals surface area (Å²) in [6.45, 7) is 3.56. The highest BCUT2D eigenvalue weighted by Crippen LogP contribution is 2.14. The molecule has 1 aromatic heterocycles. The summed E-state index contributed by atoms with van der Waals surface area (Å²) in [5.41, 5.74) is 1.95. The van der Waals surface area contributed by atoms with Gasteiger partial charge >= 0.3 is 0 Å². The SMILES string of the molecule is Cc1n[nH]c(C)c1C(=O)NC1CCS(=O)(=O)CC1. The normalized spacial score (nSPS) is 19.7. The molecule has 0 radical (unpaired) electrons. The first-order valence-electron chi connectivity index (χ1n) is 5.92. The van der Waals surface area contributed by atoms with Crippen LogP contribution in [-0.4, -0.2) is 42.1 Å². The van der Waals surface area contributed by atoms with E-state index >= 15 is 0 Å². The molecular weight excluding hydrogens is 254 g/mol. The summed E-state index contributed by atoms with van der Waals surface area (Å²) < 4.78 is 22.6. The quantitative estimate of drug-likeness (QED) is 0.811. The zero-order chi connectivity index (χ0) is 13.3. The van der Waals surface area contributed by atoms with Gasteiger partial charge in [0.25, 0.3) is 5.91 Å². The molecule has 1 aliphatic rings. The molecule has 18 heavy (non-hydrogen) atoms. The zero-order valence-corrected chi connectivity index (χ0v) is 11.3. The van der Waals surface area contributed by atoms with E-state index in [9.17, 15) is 13.2 Å². The third-order valence-electron chi connectivity index (χ3n) is 3.25. The highest BCUT2D eigenvalue weighted by molar-refractivity contribution is 7.91. The van der Waals surface area contributed by atoms with Gasteiger partial charge < -0.3 is 5.32 Å². The molecule has 0 atom stereocenters. The number of amides is 1. The number of nitrogens with zero attached hydrogens (tertiary/aromatic N) is 1. The number of nitrogens with one attached hydrogen (secondary N) is 2. The Balaban J connectivity index is 2.01. The van der Waals surface area contributed by atoms with Gasteiger partial charge in [-0.05, 0) is 26.7 Å². The van der Waals surface area contributed by atoms with E-state index in [0.29, 0.717) is 24.1 Å². The highest BCUT2D eigenvalue weighted by Gasteiger charge is 2.26. The van der Waals surface area contributed by atoms with Crippen LogP contribution in [0.3, 0.4) is 0 Å². The third kappa shape index (κ3) is 2.72. The average molecular weight is 271 g/mol. The summed E-state index contributed by atoms with van der Waals surface area (Å²) in [6.07, 6.45) is 0.980. The van der Waals surface area contributed by atoms with Gasteiger partial charge in [-0.2, -0.15) is 5.10 Å². The first kappa shape index (κ1) is 13.1. The van der Waals surface area contributed by atoms with Crippen molar-refractivity contribution in [2.75, 3.05) is 11.5 Å². The number of carbonyl (C=O) groups is 1. The van der Waals surface area contributed by atoms with E-state index < -0.39 is 9.84 Å². The number of sulfone groups is 1. The Morgan fingerprint density at radius 1 is 1.33 bits per heavy atom. The summed E-state index contributed by atoms with van der Waals surface area (Å²) in [7, 11) is -2.89. The summed E-state index contributed by atoms with van der Waals surface area (Å²) in [5, 5.41) is 9.61. The molecule has 1 fully saturated rings. The van der Waals surface area contributed by atoms with Crippen LogP contribution in [0.2, 0.25) is 0 Å². The van der Waals surface area contributed by atoms with E-state index in [1.54, 1.807) is 13.8 Å². The number of carbonyl (C=O) groups excluding carboxylic acids is 1. The second kappa shape index (κ2) is 4.72. The fourth-order valence-electron chi connectivity index (χ4n) is 2.18. The monoisotopic (exact) mass is 271 g/mol. The molecule has 2 N–H and O–H groups in total. The topological polar surface area (TPSA) is 91.9 Å². The van der Waals surface area contributed by atoms with Crippen molar-refractivity contribution in [3.63, 3.8) is 0 Å². The Labute approximate surface area is 106 Å². The molecule has 2 rings (SSSR count). The van der Waals surface area contributed by atoms with Crippen molar-refractivity contribution < 1.29 is 13.2 Å². The maximum atomic E-state index is 12.1. The number of aromatic nitrogens is 2. The number of hydrogen-bond donors (Lipinski definition) is 2. The van der Waals surface area contributed by atoms with E-state index in [0.717, 1.165) is 5.69 Å². The first-order chi connectivity index (χ1) is 8.39. The molecule has 0 bridgehead atoms. The predicted molar refractivity (Wildman–Crippen MR) is 67.2 cm³/mol. The molecule has 0 aliphatic carbocycles. The molecule has 1 saturated heterocycles. The molecule has 1 amide bonds. The van der Waals surface area contributed by atoms with Gasteiger partial charge in [-0.25, -0.2) is 8.42 Å². The Morgan fingerprint density at radius 2 is 1.94 bits per heavy atom. The van der Waals surface area contributed by atoms with Crippen molar-refractivity contribution in [2.24, 2.45) is 0 Å². The van der Waals surface area contributed by atoms with Crippen LogP contribution < -0.4 is 5.32 Å². The van der Waals surface area contributed by atoms with Gasteiger partial charge in [0.05, 0.1) is 22.8 Å². The third-order valence-corrected chi connectivity index (χ3v) is 4.96. The summed E-state index contributed by atoms with van der Waals surface area (Å²) in [6, 6.07) is -0.0604. The van der Waals surface area contributed by atoms with Gasteiger partial charge in [0, 0.05) is 11.7 Å². The van der Waals surface area contributed by atoms with Crippen molar-refractivity contribution >= 4 is 15.7 Å². The molecular formula is C11H17N3O3S. The van der Waals surface area contributed by atoms with Gasteiger partial charge in [0.2, 0.25) is 0 Å². The Hall–Kier alpha value is -1.37. The second-order valence-electron chi connectivity index (χ2n) is 4.71.